The number of hydrogen-bond donors (Lipinski definition) is 2. The lowest BCUT2D eigenvalue weighted by Gasteiger charge is -2.37. The van der Waals surface area contributed by atoms with Crippen LogP contribution in [-0.2, 0) is 0 Å². The molecule has 0 spiro atoms. The summed E-state index contributed by atoms with van der Waals surface area (Å²) in [7, 11) is 0. The Morgan fingerprint density at radius 1 is 1.10 bits per heavy atom. The summed E-state index contributed by atoms with van der Waals surface area (Å²) in [4.78, 5) is 0. The molecular formula is C18H17BrN2. The Labute approximate surface area is 133 Å². The summed E-state index contributed by atoms with van der Waals surface area (Å²) in [6.07, 6.45) is 5.77. The highest BCUT2D eigenvalue weighted by Crippen LogP contribution is 2.50. The zero-order chi connectivity index (χ0) is 14.4. The van der Waals surface area contributed by atoms with Gasteiger partial charge in [0.05, 0.1) is 6.04 Å². The summed E-state index contributed by atoms with van der Waals surface area (Å²) >= 11 is 3.51. The Bertz CT molecular complexity index is 706. The van der Waals surface area contributed by atoms with Crippen molar-refractivity contribution in [2.75, 3.05) is 11.1 Å². The second kappa shape index (κ2) is 4.92. The molecular weight excluding hydrogens is 324 g/mol. The number of anilines is 2. The van der Waals surface area contributed by atoms with Gasteiger partial charge in [-0.15, -0.1) is 0 Å². The maximum absolute atomic E-state index is 5.97. The van der Waals surface area contributed by atoms with E-state index in [-0.39, 0.29) is 0 Å². The molecule has 1 aliphatic heterocycles. The van der Waals surface area contributed by atoms with Gasteiger partial charge >= 0.3 is 0 Å². The van der Waals surface area contributed by atoms with E-state index >= 15 is 0 Å². The first-order chi connectivity index (χ1) is 10.2. The van der Waals surface area contributed by atoms with E-state index in [1.54, 1.807) is 0 Å². The first kappa shape index (κ1) is 13.0. The van der Waals surface area contributed by atoms with E-state index in [9.17, 15) is 0 Å². The van der Waals surface area contributed by atoms with Crippen LogP contribution in [-0.4, -0.2) is 0 Å². The van der Waals surface area contributed by atoms with Crippen LogP contribution in [0.2, 0.25) is 0 Å². The fourth-order valence-electron chi connectivity index (χ4n) is 3.61. The first-order valence-corrected chi connectivity index (χ1v) is 8.10. The third kappa shape index (κ3) is 2.16. The van der Waals surface area contributed by atoms with Crippen LogP contribution in [0.5, 0.6) is 0 Å². The van der Waals surface area contributed by atoms with Crippen LogP contribution in [0, 0.1) is 5.92 Å². The van der Waals surface area contributed by atoms with Crippen LogP contribution in [0.25, 0.3) is 0 Å². The minimum Gasteiger partial charge on any atom is -0.399 e. The van der Waals surface area contributed by atoms with Crippen molar-refractivity contribution in [1.29, 1.82) is 0 Å². The minimum atomic E-state index is 0.356. The second-order valence-corrected chi connectivity index (χ2v) is 6.79. The number of rotatable bonds is 1. The highest BCUT2D eigenvalue weighted by molar-refractivity contribution is 9.10. The first-order valence-electron chi connectivity index (χ1n) is 7.30. The number of nitrogen functional groups attached to an aromatic ring is 1. The van der Waals surface area contributed by atoms with Crippen molar-refractivity contribution in [3.8, 4) is 0 Å². The van der Waals surface area contributed by atoms with Crippen LogP contribution >= 0.6 is 15.9 Å². The number of benzene rings is 2. The Morgan fingerprint density at radius 2 is 1.90 bits per heavy atom. The van der Waals surface area contributed by atoms with Crippen LogP contribution in [0.1, 0.15) is 29.5 Å². The van der Waals surface area contributed by atoms with Crippen molar-refractivity contribution in [2.45, 2.75) is 18.4 Å². The molecule has 0 saturated heterocycles. The summed E-state index contributed by atoms with van der Waals surface area (Å²) in [5.74, 6) is 1.04. The molecule has 1 heterocycles. The van der Waals surface area contributed by atoms with E-state index in [0.29, 0.717) is 17.9 Å². The van der Waals surface area contributed by atoms with E-state index < -0.39 is 0 Å². The van der Waals surface area contributed by atoms with Crippen LogP contribution in [0.4, 0.5) is 11.4 Å². The van der Waals surface area contributed by atoms with Gasteiger partial charge < -0.3 is 11.1 Å². The van der Waals surface area contributed by atoms with Crippen LogP contribution in [0.15, 0.2) is 59.1 Å². The van der Waals surface area contributed by atoms with Gasteiger partial charge in [-0.1, -0.05) is 40.2 Å². The molecule has 0 saturated carbocycles. The van der Waals surface area contributed by atoms with Gasteiger partial charge in [-0.3, -0.25) is 0 Å². The SMILES string of the molecule is Nc1ccc2c(c1)[C@H]1C=CC[C@H]1[C@@H](c1ccc(Br)cc1)N2. The molecule has 106 valence electrons. The molecule has 21 heavy (non-hydrogen) atoms. The van der Waals surface area contributed by atoms with E-state index in [1.807, 2.05) is 6.07 Å². The molecule has 0 aromatic heterocycles. The standard InChI is InChI=1S/C18H17BrN2/c19-12-6-4-11(5-7-12)18-15-3-1-2-14(15)16-10-13(20)8-9-17(16)21-18/h1-2,4-10,14-15,18,21H,3,20H2/t14-,15+,18+/m0/s1. The summed E-state index contributed by atoms with van der Waals surface area (Å²) < 4.78 is 1.12. The monoisotopic (exact) mass is 340 g/mol. The fraction of sp³-hybridized carbons (Fsp3) is 0.222. The van der Waals surface area contributed by atoms with Gasteiger partial charge in [0, 0.05) is 21.8 Å². The summed E-state index contributed by atoms with van der Waals surface area (Å²) in [6.45, 7) is 0. The van der Waals surface area contributed by atoms with Crippen molar-refractivity contribution < 1.29 is 0 Å². The van der Waals surface area contributed by atoms with Crippen molar-refractivity contribution in [1.82, 2.24) is 0 Å². The summed E-state index contributed by atoms with van der Waals surface area (Å²) in [5, 5.41) is 3.72. The third-order valence-corrected chi connectivity index (χ3v) is 5.14. The number of halogens is 1. The van der Waals surface area contributed by atoms with Gasteiger partial charge in [-0.2, -0.15) is 0 Å². The maximum Gasteiger partial charge on any atom is 0.0553 e. The largest absolute Gasteiger partial charge is 0.399 e. The molecule has 3 atom stereocenters. The van der Waals surface area contributed by atoms with Gasteiger partial charge in [0.1, 0.15) is 0 Å². The Hall–Kier alpha value is -1.74. The molecule has 3 heteroatoms. The molecule has 1 aliphatic carbocycles. The second-order valence-electron chi connectivity index (χ2n) is 5.87. The van der Waals surface area contributed by atoms with Gasteiger partial charge in [-0.25, -0.2) is 0 Å². The number of nitrogens with one attached hydrogen (secondary N) is 1. The average Bonchev–Trinajstić information content (AvgIpc) is 2.97. The van der Waals surface area contributed by atoms with E-state index in [0.717, 1.165) is 16.6 Å². The lowest BCUT2D eigenvalue weighted by Crippen LogP contribution is -2.29. The molecule has 4 rings (SSSR count). The molecule has 0 amide bonds. The number of allylic oxidation sites excluding steroid dienone is 2. The van der Waals surface area contributed by atoms with Crippen molar-refractivity contribution in [3.63, 3.8) is 0 Å². The van der Waals surface area contributed by atoms with Gasteiger partial charge in [0.2, 0.25) is 0 Å². The molecule has 0 unspecified atom stereocenters. The highest BCUT2D eigenvalue weighted by atomic mass is 79.9. The third-order valence-electron chi connectivity index (χ3n) is 4.62. The van der Waals surface area contributed by atoms with Gasteiger partial charge in [0.15, 0.2) is 0 Å². The average molecular weight is 341 g/mol. The lowest BCUT2D eigenvalue weighted by atomic mass is 9.77. The predicted molar refractivity (Wildman–Crippen MR) is 91.3 cm³/mol. The quantitative estimate of drug-likeness (QED) is 0.574. The highest BCUT2D eigenvalue weighted by Gasteiger charge is 2.37. The van der Waals surface area contributed by atoms with Crippen LogP contribution in [0.3, 0.4) is 0 Å². The minimum absolute atomic E-state index is 0.356. The fourth-order valence-corrected chi connectivity index (χ4v) is 3.88. The smallest absolute Gasteiger partial charge is 0.0553 e. The Kier molecular flexibility index (Phi) is 3.03. The molecule has 2 aromatic rings. The lowest BCUT2D eigenvalue weighted by molar-refractivity contribution is 0.425. The Balaban J connectivity index is 1.78. The number of fused-ring (bicyclic) bond motifs is 3. The topological polar surface area (TPSA) is 38.0 Å². The van der Waals surface area contributed by atoms with Gasteiger partial charge in [0.25, 0.3) is 0 Å². The summed E-state index contributed by atoms with van der Waals surface area (Å²) in [5.41, 5.74) is 10.7. The molecule has 2 aromatic carbocycles. The van der Waals surface area contributed by atoms with Gasteiger partial charge in [-0.05, 0) is 53.8 Å². The Morgan fingerprint density at radius 3 is 2.71 bits per heavy atom. The zero-order valence-electron chi connectivity index (χ0n) is 11.6. The number of nitrogens with two attached hydrogens (primary N) is 1. The zero-order valence-corrected chi connectivity index (χ0v) is 13.2. The molecule has 0 fully saturated rings. The normalized spacial score (nSPS) is 26.0. The van der Waals surface area contributed by atoms with Crippen molar-refractivity contribution >= 4 is 27.3 Å². The predicted octanol–water partition coefficient (Wildman–Crippen LogP) is 4.86. The number of hydrogen-bond acceptors (Lipinski definition) is 2. The van der Waals surface area contributed by atoms with Crippen LogP contribution < -0.4 is 11.1 Å². The van der Waals surface area contributed by atoms with Crippen molar-refractivity contribution in [3.05, 3.63) is 70.2 Å². The molecule has 0 bridgehead atoms. The van der Waals surface area contributed by atoms with E-state index in [4.69, 9.17) is 5.73 Å². The molecule has 2 nitrogen and oxygen atoms in total. The maximum atomic E-state index is 5.97. The molecule has 0 radical (unpaired) electrons. The summed E-state index contributed by atoms with van der Waals surface area (Å²) in [6, 6.07) is 15.2. The molecule has 2 aliphatic rings. The van der Waals surface area contributed by atoms with E-state index in [2.05, 4.69) is 69.8 Å². The van der Waals surface area contributed by atoms with Crippen molar-refractivity contribution in [2.24, 2.45) is 5.92 Å². The molecule has 3 N–H and O–H groups in total. The van der Waals surface area contributed by atoms with E-state index in [1.165, 1.54) is 16.8 Å².